The fourth-order valence-electron chi connectivity index (χ4n) is 2.28. The van der Waals surface area contributed by atoms with E-state index in [4.69, 9.17) is 9.47 Å². The molecule has 0 saturated carbocycles. The molecule has 0 aromatic carbocycles. The maximum atomic E-state index is 12.2. The summed E-state index contributed by atoms with van der Waals surface area (Å²) >= 11 is -1.44. The lowest BCUT2D eigenvalue weighted by molar-refractivity contribution is -0.163. The molecule has 3 unspecified atom stereocenters. The molecule has 0 radical (unpaired) electrons. The van der Waals surface area contributed by atoms with Gasteiger partial charge in [-0.05, 0) is 11.2 Å². The number of methoxy groups -OCH3 is 2. The number of carbonyl (C=O) groups excluding carboxylic acids is 3. The molecule has 8 nitrogen and oxygen atoms in total. The van der Waals surface area contributed by atoms with Crippen LogP contribution < -0.4 is 0 Å². The minimum Gasteiger partial charge on any atom is -0.614 e. The maximum absolute atomic E-state index is 12.2. The number of ether oxygens (including phenoxy) is 3. The lowest BCUT2D eigenvalue weighted by atomic mass is 10.1. The molecular weight excluding hydrogens is 302 g/mol. The fourth-order valence-corrected chi connectivity index (χ4v) is 3.96. The third-order valence-electron chi connectivity index (χ3n) is 3.24. The summed E-state index contributed by atoms with van der Waals surface area (Å²) in [7, 11) is 2.52. The fraction of sp³-hybridized carbons (Fsp3) is 0.583. The highest BCUT2D eigenvalue weighted by molar-refractivity contribution is 7.92. The van der Waals surface area contributed by atoms with Crippen LogP contribution in [0.4, 0.5) is 0 Å². The van der Waals surface area contributed by atoms with Gasteiger partial charge in [0.25, 0.3) is 5.91 Å². The van der Waals surface area contributed by atoms with Crippen LogP contribution in [0.3, 0.4) is 0 Å². The van der Waals surface area contributed by atoms with E-state index in [9.17, 15) is 18.9 Å². The van der Waals surface area contributed by atoms with Crippen LogP contribution in [-0.4, -0.2) is 65.4 Å². The highest BCUT2D eigenvalue weighted by Gasteiger charge is 2.61. The van der Waals surface area contributed by atoms with Gasteiger partial charge in [-0.2, -0.15) is 0 Å². The second-order valence-corrected chi connectivity index (χ2v) is 6.04. The van der Waals surface area contributed by atoms with Gasteiger partial charge >= 0.3 is 11.9 Å². The van der Waals surface area contributed by atoms with Gasteiger partial charge < -0.3 is 18.8 Å². The van der Waals surface area contributed by atoms with Crippen molar-refractivity contribution in [3.05, 3.63) is 11.3 Å². The molecule has 2 aliphatic heterocycles. The van der Waals surface area contributed by atoms with Crippen molar-refractivity contribution in [2.24, 2.45) is 0 Å². The summed E-state index contributed by atoms with van der Waals surface area (Å²) in [5.74, 6) is -1.71. The van der Waals surface area contributed by atoms with Crippen LogP contribution in [0.1, 0.15) is 6.92 Å². The molecule has 1 amide bonds. The number of amides is 1. The van der Waals surface area contributed by atoms with Crippen molar-refractivity contribution >= 4 is 29.0 Å². The number of β-lactam (4-membered cyclic amide) rings is 1. The van der Waals surface area contributed by atoms with E-state index >= 15 is 0 Å². The third kappa shape index (κ3) is 2.63. The van der Waals surface area contributed by atoms with Gasteiger partial charge in [0, 0.05) is 19.6 Å². The van der Waals surface area contributed by atoms with E-state index < -0.39 is 40.5 Å². The lowest BCUT2D eigenvalue weighted by Gasteiger charge is -2.48. The van der Waals surface area contributed by atoms with Gasteiger partial charge in [0.2, 0.25) is 11.5 Å². The van der Waals surface area contributed by atoms with Crippen molar-refractivity contribution in [1.82, 2.24) is 4.90 Å². The van der Waals surface area contributed by atoms with Crippen LogP contribution in [0.2, 0.25) is 0 Å². The zero-order chi connectivity index (χ0) is 15.7. The first-order chi connectivity index (χ1) is 9.92. The van der Waals surface area contributed by atoms with E-state index in [1.54, 1.807) is 0 Å². The topological polar surface area (TPSA) is 105 Å². The minimum absolute atomic E-state index is 0.0124. The Hall–Kier alpha value is -1.58. The van der Waals surface area contributed by atoms with Crippen LogP contribution in [0.15, 0.2) is 11.3 Å². The van der Waals surface area contributed by atoms with Crippen molar-refractivity contribution in [3.8, 4) is 0 Å². The van der Waals surface area contributed by atoms with E-state index in [1.165, 1.54) is 21.1 Å². The summed E-state index contributed by atoms with van der Waals surface area (Å²) in [6, 6.07) is 0. The van der Waals surface area contributed by atoms with E-state index in [2.05, 4.69) is 4.74 Å². The monoisotopic (exact) mass is 317 g/mol. The maximum Gasteiger partial charge on any atom is 0.355 e. The average Bonchev–Trinajstić information content (AvgIpc) is 2.44. The number of nitrogens with zero attached hydrogens (tertiary/aromatic N) is 1. The summed E-state index contributed by atoms with van der Waals surface area (Å²) in [6.07, 6.45) is -0.833. The molecule has 0 spiro atoms. The van der Waals surface area contributed by atoms with Crippen LogP contribution >= 0.6 is 0 Å². The van der Waals surface area contributed by atoms with Crippen molar-refractivity contribution in [2.75, 3.05) is 26.6 Å². The molecular formula is C12H15NO7S. The van der Waals surface area contributed by atoms with Crippen LogP contribution in [-0.2, 0) is 39.8 Å². The molecule has 9 heteroatoms. The first-order valence-corrected chi connectivity index (χ1v) is 7.47. The third-order valence-corrected chi connectivity index (χ3v) is 4.87. The predicted molar refractivity (Wildman–Crippen MR) is 70.1 cm³/mol. The quantitative estimate of drug-likeness (QED) is 0.369. The molecule has 1 fully saturated rings. The number of hydrogen-bond acceptors (Lipinski definition) is 7. The summed E-state index contributed by atoms with van der Waals surface area (Å²) in [6.45, 7) is 1.01. The molecule has 0 aromatic rings. The molecule has 2 rings (SSSR count). The normalized spacial score (nSPS) is 27.9. The van der Waals surface area contributed by atoms with E-state index in [-0.39, 0.29) is 18.1 Å². The number of esters is 2. The summed E-state index contributed by atoms with van der Waals surface area (Å²) in [5, 5.41) is -0.710. The second kappa shape index (κ2) is 6.04. The summed E-state index contributed by atoms with van der Waals surface area (Å²) in [4.78, 5) is 35.9. The first kappa shape index (κ1) is 15.8. The lowest BCUT2D eigenvalue weighted by Crippen LogP contribution is -2.70. The number of fused-ring (bicyclic) bond motifs is 1. The molecule has 2 heterocycles. The Bertz CT molecular complexity index is 518. The van der Waals surface area contributed by atoms with E-state index in [0.29, 0.717) is 5.57 Å². The number of rotatable bonds is 4. The Labute approximate surface area is 124 Å². The van der Waals surface area contributed by atoms with Crippen LogP contribution in [0, 0.1) is 0 Å². The van der Waals surface area contributed by atoms with Crippen molar-refractivity contribution < 1.29 is 33.1 Å². The molecule has 0 N–H and O–H groups in total. The van der Waals surface area contributed by atoms with Gasteiger partial charge in [-0.25, -0.2) is 4.79 Å². The molecule has 3 atom stereocenters. The highest BCUT2D eigenvalue weighted by Crippen LogP contribution is 2.38. The van der Waals surface area contributed by atoms with Gasteiger partial charge in [0.15, 0.2) is 0 Å². The molecule has 21 heavy (non-hydrogen) atoms. The zero-order valence-electron chi connectivity index (χ0n) is 11.8. The van der Waals surface area contributed by atoms with Crippen molar-refractivity contribution in [1.29, 1.82) is 0 Å². The Morgan fingerprint density at radius 2 is 2.10 bits per heavy atom. The molecule has 2 aliphatic rings. The Morgan fingerprint density at radius 3 is 2.62 bits per heavy atom. The Morgan fingerprint density at radius 1 is 1.43 bits per heavy atom. The van der Waals surface area contributed by atoms with E-state index in [1.807, 2.05) is 0 Å². The Balaban J connectivity index is 2.35. The molecule has 1 saturated heterocycles. The van der Waals surface area contributed by atoms with Crippen LogP contribution in [0.25, 0.3) is 0 Å². The SMILES string of the molecule is COC(=O)C1=C(COC(C)=O)C[S+]([O-])C2C(OC)C(=O)N12. The molecule has 0 bridgehead atoms. The van der Waals surface area contributed by atoms with Crippen molar-refractivity contribution in [3.63, 3.8) is 0 Å². The number of carbonyl (C=O) groups is 3. The average molecular weight is 317 g/mol. The second-order valence-electron chi connectivity index (χ2n) is 4.50. The van der Waals surface area contributed by atoms with Crippen molar-refractivity contribution in [2.45, 2.75) is 18.4 Å². The number of hydrogen-bond donors (Lipinski definition) is 0. The van der Waals surface area contributed by atoms with Crippen LogP contribution in [0.5, 0.6) is 0 Å². The van der Waals surface area contributed by atoms with Gasteiger partial charge in [-0.1, -0.05) is 0 Å². The largest absolute Gasteiger partial charge is 0.614 e. The summed E-state index contributed by atoms with van der Waals surface area (Å²) < 4.78 is 26.7. The predicted octanol–water partition coefficient (Wildman–Crippen LogP) is -1.08. The van der Waals surface area contributed by atoms with E-state index in [0.717, 1.165) is 4.90 Å². The first-order valence-electron chi connectivity index (χ1n) is 6.09. The van der Waals surface area contributed by atoms with Gasteiger partial charge in [0.1, 0.15) is 18.1 Å². The minimum atomic E-state index is -1.44. The summed E-state index contributed by atoms with van der Waals surface area (Å²) in [5.41, 5.74) is 0.288. The van der Waals surface area contributed by atoms with Gasteiger partial charge in [-0.15, -0.1) is 0 Å². The van der Waals surface area contributed by atoms with Gasteiger partial charge in [0.05, 0.1) is 7.11 Å². The molecule has 0 aromatic heterocycles. The molecule has 116 valence electrons. The smallest absolute Gasteiger partial charge is 0.355 e. The standard InChI is InChI=1S/C12H15NO7S/c1-6(14)20-4-7-5-21(17)11-9(18-2)10(15)13(11)8(7)12(16)19-3/h9,11H,4-5H2,1-3H3. The zero-order valence-corrected chi connectivity index (χ0v) is 12.6. The molecule has 0 aliphatic carbocycles. The highest BCUT2D eigenvalue weighted by atomic mass is 32.2. The Kier molecular flexibility index (Phi) is 4.55. The van der Waals surface area contributed by atoms with Gasteiger partial charge in [-0.3, -0.25) is 14.5 Å².